The Labute approximate surface area is 163 Å². The summed E-state index contributed by atoms with van der Waals surface area (Å²) < 4.78 is 11.0. The van der Waals surface area contributed by atoms with Gasteiger partial charge in [-0.3, -0.25) is 14.9 Å². The summed E-state index contributed by atoms with van der Waals surface area (Å²) >= 11 is 0. The van der Waals surface area contributed by atoms with Gasteiger partial charge >= 0.3 is 0 Å². The van der Waals surface area contributed by atoms with E-state index in [0.717, 1.165) is 32.7 Å². The van der Waals surface area contributed by atoms with E-state index in [-0.39, 0.29) is 18.2 Å². The molecule has 1 saturated heterocycles. The molecule has 3 aliphatic rings. The highest BCUT2D eigenvalue weighted by Gasteiger charge is 2.30. The number of anilines is 1. The second kappa shape index (κ2) is 8.05. The number of carbonyl (C=O) groups is 2. The number of fused-ring (bicyclic) bond motifs is 1. The van der Waals surface area contributed by atoms with Gasteiger partial charge in [0.15, 0.2) is 11.5 Å². The van der Waals surface area contributed by atoms with Gasteiger partial charge in [-0.25, -0.2) is 4.99 Å². The molecule has 3 aliphatic heterocycles. The second-order valence-corrected chi connectivity index (χ2v) is 6.99. The first-order chi connectivity index (χ1) is 13.6. The lowest BCUT2D eigenvalue weighted by Gasteiger charge is -2.37. The molecule has 0 radical (unpaired) electrons. The lowest BCUT2D eigenvalue weighted by atomic mass is 10.1. The number of hydrogen-bond acceptors (Lipinski definition) is 7. The van der Waals surface area contributed by atoms with Crippen LogP contribution in [0.5, 0.6) is 11.5 Å². The van der Waals surface area contributed by atoms with Crippen molar-refractivity contribution in [3.05, 3.63) is 18.2 Å². The zero-order valence-corrected chi connectivity index (χ0v) is 15.9. The van der Waals surface area contributed by atoms with Gasteiger partial charge in [-0.15, -0.1) is 0 Å². The number of carbonyl (C=O) groups excluding carboxylic acids is 2. The highest BCUT2D eigenvalue weighted by atomic mass is 16.6. The van der Waals surface area contributed by atoms with Crippen LogP contribution >= 0.6 is 0 Å². The molecule has 0 bridgehead atoms. The van der Waals surface area contributed by atoms with Crippen LogP contribution in [-0.2, 0) is 9.59 Å². The Kier molecular flexibility index (Phi) is 5.34. The topological polar surface area (TPSA) is 95.5 Å². The van der Waals surface area contributed by atoms with Crippen LogP contribution in [0.25, 0.3) is 0 Å². The smallest absolute Gasteiger partial charge is 0.249 e. The molecule has 1 aromatic carbocycles. The molecule has 0 aromatic heterocycles. The van der Waals surface area contributed by atoms with Gasteiger partial charge in [0.2, 0.25) is 17.8 Å². The molecule has 2 N–H and O–H groups in total. The molecule has 9 heteroatoms. The molecule has 0 saturated carbocycles. The van der Waals surface area contributed by atoms with Crippen molar-refractivity contribution in [3.63, 3.8) is 0 Å². The minimum Gasteiger partial charge on any atom is -0.486 e. The molecule has 3 heterocycles. The number of nitrogens with zero attached hydrogens (tertiary/aromatic N) is 3. The van der Waals surface area contributed by atoms with Crippen LogP contribution in [0.2, 0.25) is 0 Å². The summed E-state index contributed by atoms with van der Waals surface area (Å²) in [6, 6.07) is 4.49. The SMILES string of the molecule is CCN1CCN(C2=N[C@@H](C(=O)Nc3ccc4c(c3)OCCO4)CC(=O)N2)CC1. The average molecular weight is 387 g/mol. The van der Waals surface area contributed by atoms with Gasteiger partial charge in [-0.05, 0) is 18.7 Å². The summed E-state index contributed by atoms with van der Waals surface area (Å²) in [5.41, 5.74) is 0.591. The van der Waals surface area contributed by atoms with E-state index >= 15 is 0 Å². The number of guanidine groups is 1. The average Bonchev–Trinajstić information content (AvgIpc) is 2.73. The molecule has 2 amide bonds. The summed E-state index contributed by atoms with van der Waals surface area (Å²) in [6.45, 7) is 7.53. The fraction of sp³-hybridized carbons (Fsp3) is 0.526. The Hall–Kier alpha value is -2.81. The number of ether oxygens (including phenoxy) is 2. The summed E-state index contributed by atoms with van der Waals surface area (Å²) in [6.07, 6.45) is 0.0365. The van der Waals surface area contributed by atoms with Crippen LogP contribution in [0, 0.1) is 0 Å². The predicted molar refractivity (Wildman–Crippen MR) is 104 cm³/mol. The van der Waals surface area contributed by atoms with Gasteiger partial charge < -0.3 is 24.6 Å². The maximum Gasteiger partial charge on any atom is 0.249 e. The van der Waals surface area contributed by atoms with E-state index in [4.69, 9.17) is 9.47 Å². The minimum atomic E-state index is -0.749. The van der Waals surface area contributed by atoms with Crippen molar-refractivity contribution in [1.29, 1.82) is 0 Å². The van der Waals surface area contributed by atoms with E-state index in [1.807, 2.05) is 4.90 Å². The molecule has 28 heavy (non-hydrogen) atoms. The molecule has 0 unspecified atom stereocenters. The summed E-state index contributed by atoms with van der Waals surface area (Å²) in [7, 11) is 0. The van der Waals surface area contributed by atoms with Crippen LogP contribution in [-0.4, -0.2) is 79.6 Å². The van der Waals surface area contributed by atoms with Crippen molar-refractivity contribution in [2.24, 2.45) is 4.99 Å². The van der Waals surface area contributed by atoms with Gasteiger partial charge in [-0.1, -0.05) is 6.92 Å². The van der Waals surface area contributed by atoms with Crippen molar-refractivity contribution in [1.82, 2.24) is 15.1 Å². The maximum absolute atomic E-state index is 12.7. The van der Waals surface area contributed by atoms with Crippen LogP contribution < -0.4 is 20.1 Å². The fourth-order valence-corrected chi connectivity index (χ4v) is 3.51. The number of amides is 2. The highest BCUT2D eigenvalue weighted by Crippen LogP contribution is 2.32. The van der Waals surface area contributed by atoms with E-state index in [1.54, 1.807) is 18.2 Å². The largest absolute Gasteiger partial charge is 0.486 e. The molecule has 150 valence electrons. The van der Waals surface area contributed by atoms with Gasteiger partial charge in [-0.2, -0.15) is 0 Å². The molecular formula is C19H25N5O4. The maximum atomic E-state index is 12.7. The van der Waals surface area contributed by atoms with Gasteiger partial charge in [0.1, 0.15) is 19.3 Å². The van der Waals surface area contributed by atoms with Crippen molar-refractivity contribution >= 4 is 23.5 Å². The van der Waals surface area contributed by atoms with E-state index < -0.39 is 6.04 Å². The standard InChI is InChI=1S/C19H25N5O4/c1-2-23-5-7-24(8-6-23)19-21-14(12-17(25)22-19)18(26)20-13-3-4-15-16(11-13)28-10-9-27-15/h3-4,11,14H,2,5-10,12H2,1H3,(H,20,26)(H,21,22,25)/t14-/m1/s1. The first-order valence-corrected chi connectivity index (χ1v) is 9.68. The normalized spacial score (nSPS) is 22.3. The third-order valence-corrected chi connectivity index (χ3v) is 5.14. The molecule has 0 spiro atoms. The molecule has 1 fully saturated rings. The van der Waals surface area contributed by atoms with E-state index in [2.05, 4.69) is 27.4 Å². The Balaban J connectivity index is 1.43. The quantitative estimate of drug-likeness (QED) is 0.774. The number of likely N-dealkylation sites (N-methyl/N-ethyl adjacent to an activating group) is 1. The Morgan fingerprint density at radius 1 is 1.21 bits per heavy atom. The Bertz CT molecular complexity index is 789. The first-order valence-electron chi connectivity index (χ1n) is 9.68. The highest BCUT2D eigenvalue weighted by molar-refractivity contribution is 6.06. The third-order valence-electron chi connectivity index (χ3n) is 5.14. The third kappa shape index (κ3) is 4.04. The lowest BCUT2D eigenvalue weighted by Crippen LogP contribution is -2.56. The fourth-order valence-electron chi connectivity index (χ4n) is 3.51. The zero-order chi connectivity index (χ0) is 19.5. The molecule has 1 aromatic rings. The lowest BCUT2D eigenvalue weighted by molar-refractivity contribution is -0.125. The van der Waals surface area contributed by atoms with Crippen LogP contribution in [0.3, 0.4) is 0 Å². The number of rotatable bonds is 3. The summed E-state index contributed by atoms with van der Waals surface area (Å²) in [5, 5.41) is 5.64. The molecule has 1 atom stereocenters. The van der Waals surface area contributed by atoms with E-state index in [9.17, 15) is 9.59 Å². The van der Waals surface area contributed by atoms with E-state index in [0.29, 0.717) is 36.4 Å². The number of benzene rings is 1. The molecule has 9 nitrogen and oxygen atoms in total. The first kappa shape index (κ1) is 18.5. The van der Waals surface area contributed by atoms with Crippen LogP contribution in [0.15, 0.2) is 23.2 Å². The second-order valence-electron chi connectivity index (χ2n) is 6.99. The van der Waals surface area contributed by atoms with Crippen molar-refractivity contribution in [2.45, 2.75) is 19.4 Å². The summed E-state index contributed by atoms with van der Waals surface area (Å²) in [4.78, 5) is 33.8. The van der Waals surface area contributed by atoms with Crippen molar-refractivity contribution in [3.8, 4) is 11.5 Å². The Morgan fingerprint density at radius 3 is 2.71 bits per heavy atom. The van der Waals surface area contributed by atoms with Gasteiger partial charge in [0, 0.05) is 37.9 Å². The monoisotopic (exact) mass is 387 g/mol. The Morgan fingerprint density at radius 2 is 1.96 bits per heavy atom. The van der Waals surface area contributed by atoms with Crippen LogP contribution in [0.1, 0.15) is 13.3 Å². The minimum absolute atomic E-state index is 0.0365. The number of hydrogen-bond donors (Lipinski definition) is 2. The van der Waals surface area contributed by atoms with Crippen molar-refractivity contribution in [2.75, 3.05) is 51.3 Å². The molecule has 4 rings (SSSR count). The van der Waals surface area contributed by atoms with Gasteiger partial charge in [0.05, 0.1) is 6.42 Å². The van der Waals surface area contributed by atoms with Crippen molar-refractivity contribution < 1.29 is 19.1 Å². The van der Waals surface area contributed by atoms with Gasteiger partial charge in [0.25, 0.3) is 0 Å². The molecule has 0 aliphatic carbocycles. The predicted octanol–water partition coefficient (Wildman–Crippen LogP) is 0.278. The zero-order valence-electron chi connectivity index (χ0n) is 15.9. The van der Waals surface area contributed by atoms with Crippen LogP contribution in [0.4, 0.5) is 5.69 Å². The van der Waals surface area contributed by atoms with E-state index in [1.165, 1.54) is 0 Å². The number of piperazine rings is 1. The summed E-state index contributed by atoms with van der Waals surface area (Å²) in [5.74, 6) is 1.26. The molecular weight excluding hydrogens is 362 g/mol. The number of nitrogens with one attached hydrogen (secondary N) is 2. The number of aliphatic imine (C=N–C) groups is 1.